The molecule has 2 atom stereocenters. The maximum atomic E-state index is 11.7. The number of nitrogens with one attached hydrogen (secondary N) is 1. The van der Waals surface area contributed by atoms with Gasteiger partial charge in [0, 0.05) is 32.1 Å². The van der Waals surface area contributed by atoms with E-state index in [9.17, 15) is 9.59 Å². The summed E-state index contributed by atoms with van der Waals surface area (Å²) in [7, 11) is 3.74. The van der Waals surface area contributed by atoms with Crippen LogP contribution in [0.1, 0.15) is 18.9 Å². The van der Waals surface area contributed by atoms with E-state index in [1.54, 1.807) is 7.05 Å². The van der Waals surface area contributed by atoms with Crippen molar-refractivity contribution in [2.24, 2.45) is 0 Å². The summed E-state index contributed by atoms with van der Waals surface area (Å²) in [4.78, 5) is 26.3. The summed E-state index contributed by atoms with van der Waals surface area (Å²) < 4.78 is 0. The number of anilines is 2. The molecule has 5 heteroatoms. The van der Waals surface area contributed by atoms with Crippen molar-refractivity contribution < 1.29 is 9.59 Å². The van der Waals surface area contributed by atoms with Crippen molar-refractivity contribution in [2.75, 3.05) is 37.0 Å². The molecule has 112 valence electrons. The molecule has 1 aromatic carbocycles. The number of amides is 1. The highest BCUT2D eigenvalue weighted by molar-refractivity contribution is 6.30. The number of carbonyl (C=O) groups excluding carboxylic acids is 2. The van der Waals surface area contributed by atoms with Gasteiger partial charge in [0.15, 0.2) is 0 Å². The van der Waals surface area contributed by atoms with Gasteiger partial charge in [-0.1, -0.05) is 19.1 Å². The molecule has 0 saturated carbocycles. The van der Waals surface area contributed by atoms with E-state index in [2.05, 4.69) is 30.3 Å². The Morgan fingerprint density at radius 1 is 1.52 bits per heavy atom. The summed E-state index contributed by atoms with van der Waals surface area (Å²) in [5.41, 5.74) is 3.18. The zero-order valence-electron chi connectivity index (χ0n) is 12.7. The maximum absolute atomic E-state index is 11.7. The summed E-state index contributed by atoms with van der Waals surface area (Å²) in [6.07, 6.45) is 1.44. The van der Waals surface area contributed by atoms with Crippen molar-refractivity contribution in [1.29, 1.82) is 0 Å². The molecule has 2 heterocycles. The first kappa shape index (κ1) is 14.1. The van der Waals surface area contributed by atoms with Gasteiger partial charge in [0.2, 0.25) is 6.29 Å². The van der Waals surface area contributed by atoms with Crippen molar-refractivity contribution in [3.8, 4) is 0 Å². The molecule has 0 radical (unpaired) electrons. The van der Waals surface area contributed by atoms with E-state index in [0.717, 1.165) is 30.9 Å². The van der Waals surface area contributed by atoms with Crippen LogP contribution >= 0.6 is 0 Å². The van der Waals surface area contributed by atoms with Gasteiger partial charge in [-0.05, 0) is 24.6 Å². The van der Waals surface area contributed by atoms with Crippen molar-refractivity contribution in [2.45, 2.75) is 24.8 Å². The molecule has 1 fully saturated rings. The van der Waals surface area contributed by atoms with Crippen LogP contribution in [-0.4, -0.2) is 45.4 Å². The monoisotopic (exact) mass is 287 g/mol. The number of para-hydroxylation sites is 1. The number of aldehydes is 1. The van der Waals surface area contributed by atoms with Crippen LogP contribution in [0.2, 0.25) is 0 Å². The first-order chi connectivity index (χ1) is 10.0. The minimum atomic E-state index is -0.519. The first-order valence-electron chi connectivity index (χ1n) is 7.30. The lowest BCUT2D eigenvalue weighted by atomic mass is 9.75. The lowest BCUT2D eigenvalue weighted by Gasteiger charge is -2.39. The maximum Gasteiger partial charge on any atom is 0.290 e. The van der Waals surface area contributed by atoms with E-state index in [0.29, 0.717) is 12.3 Å². The third-order valence-corrected chi connectivity index (χ3v) is 5.07. The Bertz CT molecular complexity index is 601. The van der Waals surface area contributed by atoms with Crippen LogP contribution in [0, 0.1) is 0 Å². The van der Waals surface area contributed by atoms with E-state index in [4.69, 9.17) is 0 Å². The second kappa shape index (κ2) is 4.84. The van der Waals surface area contributed by atoms with E-state index in [1.807, 2.05) is 12.1 Å². The van der Waals surface area contributed by atoms with Crippen molar-refractivity contribution in [1.82, 2.24) is 5.32 Å². The van der Waals surface area contributed by atoms with E-state index in [-0.39, 0.29) is 5.41 Å². The molecule has 5 nitrogen and oxygen atoms in total. The number of benzene rings is 1. The summed E-state index contributed by atoms with van der Waals surface area (Å²) in [5, 5.41) is 3.48. The number of hydrogen-bond acceptors (Lipinski definition) is 4. The lowest BCUT2D eigenvalue weighted by molar-refractivity contribution is -0.129. The topological polar surface area (TPSA) is 52.7 Å². The molecule has 21 heavy (non-hydrogen) atoms. The third kappa shape index (κ3) is 1.87. The van der Waals surface area contributed by atoms with Crippen LogP contribution in [0.15, 0.2) is 18.2 Å². The Kier molecular flexibility index (Phi) is 3.24. The smallest absolute Gasteiger partial charge is 0.290 e. The molecule has 2 aliphatic heterocycles. The van der Waals surface area contributed by atoms with E-state index in [1.165, 1.54) is 10.5 Å². The summed E-state index contributed by atoms with van der Waals surface area (Å²) in [5.74, 6) is -0.519. The second-order valence-corrected chi connectivity index (χ2v) is 6.20. The van der Waals surface area contributed by atoms with Crippen molar-refractivity contribution in [3.05, 3.63) is 23.8 Å². The fourth-order valence-electron chi connectivity index (χ4n) is 3.91. The van der Waals surface area contributed by atoms with E-state index < -0.39 is 5.91 Å². The van der Waals surface area contributed by atoms with E-state index >= 15 is 0 Å². The predicted octanol–water partition coefficient (Wildman–Crippen LogP) is 0.918. The van der Waals surface area contributed by atoms with Crippen LogP contribution in [-0.2, 0) is 15.0 Å². The van der Waals surface area contributed by atoms with Gasteiger partial charge < -0.3 is 15.1 Å². The number of hydrogen-bond donors (Lipinski definition) is 1. The van der Waals surface area contributed by atoms with Crippen LogP contribution < -0.4 is 15.1 Å². The largest absolute Gasteiger partial charge is 0.369 e. The SMILES string of the molecule is CN(C(=O)C=O)c1cccc2c1N(C)C1CCNCC21C. The summed E-state index contributed by atoms with van der Waals surface area (Å²) in [6.45, 7) is 4.22. The van der Waals surface area contributed by atoms with Crippen molar-refractivity contribution >= 4 is 23.6 Å². The normalized spacial score (nSPS) is 27.0. The molecule has 0 bridgehead atoms. The number of rotatable bonds is 2. The molecule has 1 amide bonds. The fraction of sp³-hybridized carbons (Fsp3) is 0.500. The molecular formula is C16H21N3O2. The highest BCUT2D eigenvalue weighted by Crippen LogP contribution is 2.50. The Balaban J connectivity index is 2.14. The van der Waals surface area contributed by atoms with Gasteiger partial charge in [0.25, 0.3) is 5.91 Å². The van der Waals surface area contributed by atoms with Crippen LogP contribution in [0.25, 0.3) is 0 Å². The predicted molar refractivity (Wildman–Crippen MR) is 82.9 cm³/mol. The average Bonchev–Trinajstić information content (AvgIpc) is 2.74. The Morgan fingerprint density at radius 2 is 2.29 bits per heavy atom. The highest BCUT2D eigenvalue weighted by atomic mass is 16.2. The summed E-state index contributed by atoms with van der Waals surface area (Å²) in [6, 6.07) is 6.44. The van der Waals surface area contributed by atoms with Crippen LogP contribution in [0.4, 0.5) is 11.4 Å². The highest BCUT2D eigenvalue weighted by Gasteiger charge is 2.48. The number of carbonyl (C=O) groups is 2. The van der Waals surface area contributed by atoms with Gasteiger partial charge in [0.05, 0.1) is 11.4 Å². The Hall–Kier alpha value is -1.88. The standard InChI is InChI=1S/C16H21N3O2/c1-16-10-17-8-7-13(16)19(3)15-11(16)5-4-6-12(15)18(2)14(21)9-20/h4-6,9,13,17H,7-8,10H2,1-3H3. The molecule has 2 aliphatic rings. The zero-order chi connectivity index (χ0) is 15.2. The molecule has 1 aromatic rings. The quantitative estimate of drug-likeness (QED) is 0.649. The van der Waals surface area contributed by atoms with Gasteiger partial charge in [-0.15, -0.1) is 0 Å². The lowest BCUT2D eigenvalue weighted by Crippen LogP contribution is -2.53. The number of piperidine rings is 1. The molecule has 2 unspecified atom stereocenters. The van der Waals surface area contributed by atoms with Gasteiger partial charge >= 0.3 is 0 Å². The molecular weight excluding hydrogens is 266 g/mol. The molecule has 0 spiro atoms. The molecule has 3 rings (SSSR count). The van der Waals surface area contributed by atoms with Crippen LogP contribution in [0.5, 0.6) is 0 Å². The average molecular weight is 287 g/mol. The van der Waals surface area contributed by atoms with Gasteiger partial charge in [0.1, 0.15) is 0 Å². The number of likely N-dealkylation sites (N-methyl/N-ethyl adjacent to an activating group) is 2. The molecule has 1 N–H and O–H groups in total. The fourth-order valence-corrected chi connectivity index (χ4v) is 3.91. The minimum Gasteiger partial charge on any atom is -0.369 e. The third-order valence-electron chi connectivity index (χ3n) is 5.07. The van der Waals surface area contributed by atoms with Gasteiger partial charge in [-0.25, -0.2) is 0 Å². The first-order valence-corrected chi connectivity index (χ1v) is 7.30. The van der Waals surface area contributed by atoms with Gasteiger partial charge in [-0.3, -0.25) is 9.59 Å². The number of fused-ring (bicyclic) bond motifs is 3. The Morgan fingerprint density at radius 3 is 3.00 bits per heavy atom. The minimum absolute atomic E-state index is 0.0450. The summed E-state index contributed by atoms with van der Waals surface area (Å²) >= 11 is 0. The number of nitrogens with zero attached hydrogens (tertiary/aromatic N) is 2. The van der Waals surface area contributed by atoms with Gasteiger partial charge in [-0.2, -0.15) is 0 Å². The molecule has 0 aliphatic carbocycles. The van der Waals surface area contributed by atoms with Crippen molar-refractivity contribution in [3.63, 3.8) is 0 Å². The Labute approximate surface area is 124 Å². The molecule has 0 aromatic heterocycles. The zero-order valence-corrected chi connectivity index (χ0v) is 12.7. The molecule has 1 saturated heterocycles. The second-order valence-electron chi connectivity index (χ2n) is 6.20. The van der Waals surface area contributed by atoms with Crippen LogP contribution in [0.3, 0.4) is 0 Å².